The van der Waals surface area contributed by atoms with E-state index in [4.69, 9.17) is 16.3 Å². The van der Waals surface area contributed by atoms with E-state index in [2.05, 4.69) is 22.5 Å². The molecule has 9 heteroatoms. The summed E-state index contributed by atoms with van der Waals surface area (Å²) in [6.45, 7) is 4.89. The molecule has 0 saturated heterocycles. The van der Waals surface area contributed by atoms with Crippen LogP contribution in [0.5, 0.6) is 5.75 Å². The van der Waals surface area contributed by atoms with Crippen LogP contribution in [0.2, 0.25) is 5.02 Å². The van der Waals surface area contributed by atoms with E-state index in [-0.39, 0.29) is 30.7 Å². The van der Waals surface area contributed by atoms with Crippen LogP contribution in [0.25, 0.3) is 0 Å². The van der Waals surface area contributed by atoms with E-state index in [0.29, 0.717) is 24.6 Å². The molecule has 0 bridgehead atoms. The summed E-state index contributed by atoms with van der Waals surface area (Å²) < 4.78 is 5.65. The zero-order valence-electron chi connectivity index (χ0n) is 14.5. The lowest BCUT2D eigenvalue weighted by molar-refractivity contribution is -0.120. The van der Waals surface area contributed by atoms with E-state index < -0.39 is 0 Å². The zero-order chi connectivity index (χ0) is 17.2. The minimum Gasteiger partial charge on any atom is -0.486 e. The van der Waals surface area contributed by atoms with Gasteiger partial charge in [0.25, 0.3) is 0 Å². The molecule has 26 heavy (non-hydrogen) atoms. The molecule has 0 aliphatic rings. The van der Waals surface area contributed by atoms with Gasteiger partial charge >= 0.3 is 0 Å². The standard InChI is InChI=1S/C17H22ClN3O2S.2ClH/c1-2-7-19-8-9-20-16(22)10-14-12-24-17(21-14)11-23-15-5-3-13(18)4-6-15;;/h3-6,12,19H,2,7-11H2,1H3,(H,20,22);2*1H. The summed E-state index contributed by atoms with van der Waals surface area (Å²) in [5.74, 6) is 0.734. The van der Waals surface area contributed by atoms with Crippen molar-refractivity contribution in [3.8, 4) is 5.75 Å². The number of nitrogens with one attached hydrogen (secondary N) is 2. The number of thiazole rings is 1. The number of aromatic nitrogens is 1. The van der Waals surface area contributed by atoms with Gasteiger partial charge in [-0.3, -0.25) is 4.79 Å². The van der Waals surface area contributed by atoms with E-state index in [1.165, 1.54) is 11.3 Å². The Kier molecular flexibility index (Phi) is 13.5. The molecule has 0 atom stereocenters. The van der Waals surface area contributed by atoms with Crippen LogP contribution in [-0.4, -0.2) is 30.5 Å². The molecule has 0 aliphatic heterocycles. The highest BCUT2D eigenvalue weighted by Crippen LogP contribution is 2.18. The van der Waals surface area contributed by atoms with Gasteiger partial charge in [-0.25, -0.2) is 4.98 Å². The molecule has 2 aromatic rings. The minimum atomic E-state index is -0.0104. The maximum atomic E-state index is 11.8. The van der Waals surface area contributed by atoms with Crippen LogP contribution in [0.3, 0.4) is 0 Å². The second-order valence-corrected chi connectivity index (χ2v) is 6.63. The molecule has 0 saturated carbocycles. The minimum absolute atomic E-state index is 0. The van der Waals surface area contributed by atoms with E-state index in [1.54, 1.807) is 12.1 Å². The lowest BCUT2D eigenvalue weighted by Crippen LogP contribution is -2.33. The maximum Gasteiger partial charge on any atom is 0.226 e. The largest absolute Gasteiger partial charge is 0.486 e. The van der Waals surface area contributed by atoms with E-state index in [1.807, 2.05) is 17.5 Å². The van der Waals surface area contributed by atoms with E-state index in [0.717, 1.165) is 36.0 Å². The fourth-order valence-electron chi connectivity index (χ4n) is 1.99. The highest BCUT2D eigenvalue weighted by atomic mass is 35.5. The molecule has 2 N–H and O–H groups in total. The maximum absolute atomic E-state index is 11.8. The van der Waals surface area contributed by atoms with Gasteiger partial charge in [-0.1, -0.05) is 18.5 Å². The Bertz CT molecular complexity index is 638. The summed E-state index contributed by atoms with van der Waals surface area (Å²) in [6.07, 6.45) is 1.39. The molecule has 146 valence electrons. The predicted octanol–water partition coefficient (Wildman–Crippen LogP) is 3.88. The molecule has 0 aliphatic carbocycles. The quantitative estimate of drug-likeness (QED) is 0.550. The molecule has 0 spiro atoms. The Balaban J connectivity index is 0.00000312. The number of hydrogen-bond donors (Lipinski definition) is 2. The van der Waals surface area contributed by atoms with E-state index in [9.17, 15) is 4.79 Å². The number of carbonyl (C=O) groups excluding carboxylic acids is 1. The smallest absolute Gasteiger partial charge is 0.226 e. The van der Waals surface area contributed by atoms with Gasteiger partial charge in [-0.05, 0) is 37.2 Å². The molecule has 1 aromatic heterocycles. The highest BCUT2D eigenvalue weighted by molar-refractivity contribution is 7.09. The average Bonchev–Trinajstić information content (AvgIpc) is 3.01. The van der Waals surface area contributed by atoms with Crippen LogP contribution in [0, 0.1) is 0 Å². The summed E-state index contributed by atoms with van der Waals surface area (Å²) in [5.41, 5.74) is 0.772. The third-order valence-corrected chi connectivity index (χ3v) is 4.29. The van der Waals surface area contributed by atoms with Gasteiger partial charge < -0.3 is 15.4 Å². The number of benzene rings is 1. The molecular weight excluding hydrogens is 417 g/mol. The highest BCUT2D eigenvalue weighted by Gasteiger charge is 2.08. The Morgan fingerprint density at radius 1 is 1.19 bits per heavy atom. The van der Waals surface area contributed by atoms with Gasteiger partial charge in [0, 0.05) is 23.5 Å². The number of halogens is 3. The number of hydrogen-bond acceptors (Lipinski definition) is 5. The number of nitrogens with zero attached hydrogens (tertiary/aromatic N) is 1. The second kappa shape index (κ2) is 14.1. The van der Waals surface area contributed by atoms with Gasteiger partial charge in [-0.15, -0.1) is 36.2 Å². The number of carbonyl (C=O) groups is 1. The molecule has 2 rings (SSSR count). The van der Waals surface area contributed by atoms with Gasteiger partial charge in [0.15, 0.2) is 0 Å². The summed E-state index contributed by atoms with van der Waals surface area (Å²) in [4.78, 5) is 16.3. The Morgan fingerprint density at radius 2 is 1.92 bits per heavy atom. The fourth-order valence-corrected chi connectivity index (χ4v) is 2.82. The van der Waals surface area contributed by atoms with Crippen molar-refractivity contribution in [3.63, 3.8) is 0 Å². The molecule has 1 amide bonds. The molecule has 0 radical (unpaired) electrons. The molecular formula is C17H24Cl3N3O2S. The molecule has 0 unspecified atom stereocenters. The van der Waals surface area contributed by atoms with Crippen molar-refractivity contribution < 1.29 is 9.53 Å². The second-order valence-electron chi connectivity index (χ2n) is 5.25. The van der Waals surface area contributed by atoms with Gasteiger partial charge in [0.2, 0.25) is 5.91 Å². The molecule has 0 fully saturated rings. The normalized spacial score (nSPS) is 9.77. The van der Waals surface area contributed by atoms with Gasteiger partial charge in [0.05, 0.1) is 12.1 Å². The van der Waals surface area contributed by atoms with Gasteiger partial charge in [-0.2, -0.15) is 0 Å². The number of ether oxygens (including phenoxy) is 1. The van der Waals surface area contributed by atoms with Crippen molar-refractivity contribution in [2.75, 3.05) is 19.6 Å². The Labute approximate surface area is 175 Å². The van der Waals surface area contributed by atoms with Crippen LogP contribution in [-0.2, 0) is 17.8 Å². The topological polar surface area (TPSA) is 63.2 Å². The molecule has 5 nitrogen and oxygen atoms in total. The zero-order valence-corrected chi connectivity index (χ0v) is 17.7. The van der Waals surface area contributed by atoms with Crippen LogP contribution in [0.4, 0.5) is 0 Å². The lowest BCUT2D eigenvalue weighted by Gasteiger charge is -2.05. The van der Waals surface area contributed by atoms with Gasteiger partial charge in [0.1, 0.15) is 17.4 Å². The van der Waals surface area contributed by atoms with Crippen molar-refractivity contribution in [2.24, 2.45) is 0 Å². The van der Waals surface area contributed by atoms with Crippen molar-refractivity contribution in [1.82, 2.24) is 15.6 Å². The molecule has 1 heterocycles. The monoisotopic (exact) mass is 439 g/mol. The van der Waals surface area contributed by atoms with Crippen LogP contribution >= 0.6 is 47.8 Å². The average molecular weight is 441 g/mol. The first kappa shape index (κ1) is 24.9. The summed E-state index contributed by atoms with van der Waals surface area (Å²) in [6, 6.07) is 7.20. The van der Waals surface area contributed by atoms with Crippen LogP contribution in [0.1, 0.15) is 24.0 Å². The van der Waals surface area contributed by atoms with Crippen molar-refractivity contribution in [2.45, 2.75) is 26.4 Å². The van der Waals surface area contributed by atoms with E-state index >= 15 is 0 Å². The third kappa shape index (κ3) is 9.59. The van der Waals surface area contributed by atoms with Crippen molar-refractivity contribution in [1.29, 1.82) is 0 Å². The number of rotatable bonds is 10. The first-order chi connectivity index (χ1) is 11.7. The first-order valence-corrected chi connectivity index (χ1v) is 9.22. The molecule has 1 aromatic carbocycles. The van der Waals surface area contributed by atoms with Crippen LogP contribution in [0.15, 0.2) is 29.6 Å². The predicted molar refractivity (Wildman–Crippen MR) is 112 cm³/mol. The Hall–Kier alpha value is -1.05. The third-order valence-electron chi connectivity index (χ3n) is 3.17. The summed E-state index contributed by atoms with van der Waals surface area (Å²) in [7, 11) is 0. The summed E-state index contributed by atoms with van der Waals surface area (Å²) >= 11 is 7.33. The number of amides is 1. The lowest BCUT2D eigenvalue weighted by atomic mass is 10.3. The first-order valence-electron chi connectivity index (χ1n) is 7.96. The van der Waals surface area contributed by atoms with Crippen LogP contribution < -0.4 is 15.4 Å². The Morgan fingerprint density at radius 3 is 2.62 bits per heavy atom. The van der Waals surface area contributed by atoms with Crippen molar-refractivity contribution in [3.05, 3.63) is 45.4 Å². The SMILES string of the molecule is CCCNCCNC(=O)Cc1csc(COc2ccc(Cl)cc2)n1.Cl.Cl. The van der Waals surface area contributed by atoms with Crippen molar-refractivity contribution >= 4 is 53.7 Å². The fraction of sp³-hybridized carbons (Fsp3) is 0.412. The summed E-state index contributed by atoms with van der Waals surface area (Å²) in [5, 5.41) is 9.54.